The molecule has 0 heterocycles. The molecule has 2 N–H and O–H groups in total. The number of rotatable bonds is 5. The lowest BCUT2D eigenvalue weighted by molar-refractivity contribution is -0.151. The van der Waals surface area contributed by atoms with E-state index in [-0.39, 0.29) is 18.5 Å². The third kappa shape index (κ3) is 4.81. The van der Waals surface area contributed by atoms with E-state index in [2.05, 4.69) is 0 Å². The Kier molecular flexibility index (Phi) is 5.07. The van der Waals surface area contributed by atoms with Gasteiger partial charge in [-0.3, -0.25) is 4.79 Å². The van der Waals surface area contributed by atoms with E-state index in [0.29, 0.717) is 18.0 Å². The van der Waals surface area contributed by atoms with Crippen molar-refractivity contribution in [2.24, 2.45) is 0 Å². The van der Waals surface area contributed by atoms with E-state index in [1.807, 2.05) is 12.1 Å². The van der Waals surface area contributed by atoms with Crippen molar-refractivity contribution in [2.75, 3.05) is 12.3 Å². The first-order chi connectivity index (χ1) is 9.24. The van der Waals surface area contributed by atoms with Crippen LogP contribution < -0.4 is 10.5 Å². The first-order valence-electron chi connectivity index (χ1n) is 6.92. The highest BCUT2D eigenvalue weighted by molar-refractivity contribution is 5.69. The second-order valence-electron chi connectivity index (χ2n) is 4.92. The predicted molar refractivity (Wildman–Crippen MR) is 73.9 cm³/mol. The van der Waals surface area contributed by atoms with Crippen LogP contribution >= 0.6 is 0 Å². The monoisotopic (exact) mass is 263 g/mol. The minimum atomic E-state index is -0.171. The molecule has 19 heavy (non-hydrogen) atoms. The van der Waals surface area contributed by atoms with E-state index in [9.17, 15) is 4.79 Å². The number of nitrogens with two attached hydrogens (primary N) is 1. The molecule has 2 rings (SSSR count). The number of nitrogen functional groups attached to an aromatic ring is 1. The molecule has 1 aromatic carbocycles. The van der Waals surface area contributed by atoms with Gasteiger partial charge in [0.1, 0.15) is 11.9 Å². The molecule has 4 nitrogen and oxygen atoms in total. The van der Waals surface area contributed by atoms with E-state index < -0.39 is 0 Å². The fourth-order valence-corrected chi connectivity index (χ4v) is 2.28. The summed E-state index contributed by atoms with van der Waals surface area (Å²) >= 11 is 0. The van der Waals surface area contributed by atoms with Crippen molar-refractivity contribution < 1.29 is 14.3 Å². The molecule has 0 radical (unpaired) electrons. The molecular weight excluding hydrogens is 242 g/mol. The molecule has 0 amide bonds. The Balaban J connectivity index is 1.66. The average molecular weight is 263 g/mol. The molecule has 1 fully saturated rings. The zero-order valence-electron chi connectivity index (χ0n) is 11.1. The summed E-state index contributed by atoms with van der Waals surface area (Å²) in [5.41, 5.74) is 6.30. The van der Waals surface area contributed by atoms with Crippen molar-refractivity contribution in [1.82, 2.24) is 0 Å². The maximum absolute atomic E-state index is 11.6. The zero-order valence-corrected chi connectivity index (χ0v) is 11.1. The fourth-order valence-electron chi connectivity index (χ4n) is 2.28. The summed E-state index contributed by atoms with van der Waals surface area (Å²) in [4.78, 5) is 11.6. The summed E-state index contributed by atoms with van der Waals surface area (Å²) in [5, 5.41) is 0. The Morgan fingerprint density at radius 2 is 2.05 bits per heavy atom. The Bertz CT molecular complexity index is 414. The predicted octanol–water partition coefficient (Wildman–Crippen LogP) is 2.91. The number of hydrogen-bond acceptors (Lipinski definition) is 4. The maximum Gasteiger partial charge on any atom is 0.309 e. The van der Waals surface area contributed by atoms with Crippen molar-refractivity contribution in [3.8, 4) is 5.75 Å². The highest BCUT2D eigenvalue weighted by Gasteiger charge is 2.17. The van der Waals surface area contributed by atoms with Gasteiger partial charge >= 0.3 is 5.97 Å². The number of esters is 1. The number of hydrogen-bond donors (Lipinski definition) is 1. The van der Waals surface area contributed by atoms with Gasteiger partial charge in [-0.15, -0.1) is 0 Å². The van der Waals surface area contributed by atoms with Crippen LogP contribution in [0.5, 0.6) is 5.75 Å². The molecule has 0 saturated heterocycles. The van der Waals surface area contributed by atoms with Crippen LogP contribution in [0.15, 0.2) is 24.3 Å². The zero-order chi connectivity index (χ0) is 13.5. The molecule has 0 unspecified atom stereocenters. The maximum atomic E-state index is 11.6. The average Bonchev–Trinajstić information content (AvgIpc) is 2.40. The first kappa shape index (κ1) is 13.7. The molecular formula is C15H21NO3. The summed E-state index contributed by atoms with van der Waals surface area (Å²) in [6, 6.07) is 7.19. The second kappa shape index (κ2) is 7.02. The summed E-state index contributed by atoms with van der Waals surface area (Å²) in [5.74, 6) is 0.515. The van der Waals surface area contributed by atoms with Gasteiger partial charge in [-0.05, 0) is 37.8 Å². The molecule has 1 aliphatic rings. The largest absolute Gasteiger partial charge is 0.493 e. The van der Waals surface area contributed by atoms with Crippen LogP contribution in [0.1, 0.15) is 38.5 Å². The van der Waals surface area contributed by atoms with Gasteiger partial charge in [-0.1, -0.05) is 12.5 Å². The van der Waals surface area contributed by atoms with E-state index in [0.717, 1.165) is 25.7 Å². The van der Waals surface area contributed by atoms with Gasteiger partial charge in [0.15, 0.2) is 0 Å². The highest BCUT2D eigenvalue weighted by Crippen LogP contribution is 2.20. The van der Waals surface area contributed by atoms with Gasteiger partial charge in [0.2, 0.25) is 0 Å². The molecule has 0 aromatic heterocycles. The summed E-state index contributed by atoms with van der Waals surface area (Å²) in [6.07, 6.45) is 5.99. The Labute approximate surface area is 113 Å². The van der Waals surface area contributed by atoms with Gasteiger partial charge in [0.05, 0.1) is 13.0 Å². The lowest BCUT2D eigenvalue weighted by Crippen LogP contribution is -2.21. The van der Waals surface area contributed by atoms with Crippen molar-refractivity contribution in [3.63, 3.8) is 0 Å². The third-order valence-corrected chi connectivity index (χ3v) is 3.28. The fraction of sp³-hybridized carbons (Fsp3) is 0.533. The Hall–Kier alpha value is -1.71. The van der Waals surface area contributed by atoms with Crippen LogP contribution in [0.2, 0.25) is 0 Å². The van der Waals surface area contributed by atoms with Crippen LogP contribution in [0.25, 0.3) is 0 Å². The standard InChI is InChI=1S/C15H21NO3/c16-12-5-4-8-14(11-12)18-10-9-15(17)19-13-6-2-1-3-7-13/h4-5,8,11,13H,1-3,6-7,9-10,16H2. The molecule has 1 aliphatic carbocycles. The van der Waals surface area contributed by atoms with Crippen molar-refractivity contribution in [1.29, 1.82) is 0 Å². The van der Waals surface area contributed by atoms with Crippen molar-refractivity contribution >= 4 is 11.7 Å². The number of benzene rings is 1. The molecule has 0 atom stereocenters. The summed E-state index contributed by atoms with van der Waals surface area (Å²) in [6.45, 7) is 0.328. The Morgan fingerprint density at radius 3 is 2.79 bits per heavy atom. The lowest BCUT2D eigenvalue weighted by atomic mass is 9.98. The molecule has 1 saturated carbocycles. The minimum Gasteiger partial charge on any atom is -0.493 e. The normalized spacial score (nSPS) is 16.0. The molecule has 0 bridgehead atoms. The van der Waals surface area contributed by atoms with Crippen LogP contribution in [-0.4, -0.2) is 18.7 Å². The van der Waals surface area contributed by atoms with E-state index in [4.69, 9.17) is 15.2 Å². The van der Waals surface area contributed by atoms with Crippen LogP contribution in [0, 0.1) is 0 Å². The summed E-state index contributed by atoms with van der Waals surface area (Å²) in [7, 11) is 0. The van der Waals surface area contributed by atoms with Crippen molar-refractivity contribution in [3.05, 3.63) is 24.3 Å². The Morgan fingerprint density at radius 1 is 1.26 bits per heavy atom. The van der Waals surface area contributed by atoms with E-state index in [1.165, 1.54) is 6.42 Å². The molecule has 1 aromatic rings. The van der Waals surface area contributed by atoms with Gasteiger partial charge in [-0.2, -0.15) is 0 Å². The smallest absolute Gasteiger partial charge is 0.309 e. The van der Waals surface area contributed by atoms with Gasteiger partial charge in [-0.25, -0.2) is 0 Å². The van der Waals surface area contributed by atoms with Gasteiger partial charge in [0, 0.05) is 11.8 Å². The van der Waals surface area contributed by atoms with Crippen LogP contribution in [-0.2, 0) is 9.53 Å². The molecule has 0 spiro atoms. The molecule has 0 aliphatic heterocycles. The van der Waals surface area contributed by atoms with Gasteiger partial charge in [0.25, 0.3) is 0 Å². The summed E-state index contributed by atoms with van der Waals surface area (Å²) < 4.78 is 10.9. The highest BCUT2D eigenvalue weighted by atomic mass is 16.5. The molecule has 104 valence electrons. The number of carbonyl (C=O) groups is 1. The SMILES string of the molecule is Nc1cccc(OCCC(=O)OC2CCCCC2)c1. The van der Waals surface area contributed by atoms with E-state index >= 15 is 0 Å². The number of anilines is 1. The topological polar surface area (TPSA) is 61.5 Å². The number of ether oxygens (including phenoxy) is 2. The first-order valence-corrected chi connectivity index (χ1v) is 6.92. The van der Waals surface area contributed by atoms with Gasteiger partial charge < -0.3 is 15.2 Å². The minimum absolute atomic E-state index is 0.119. The lowest BCUT2D eigenvalue weighted by Gasteiger charge is -2.21. The quantitative estimate of drug-likeness (QED) is 0.655. The number of carbonyl (C=O) groups excluding carboxylic acids is 1. The third-order valence-electron chi connectivity index (χ3n) is 3.28. The van der Waals surface area contributed by atoms with Crippen molar-refractivity contribution in [2.45, 2.75) is 44.6 Å². The van der Waals surface area contributed by atoms with Crippen LogP contribution in [0.4, 0.5) is 5.69 Å². The second-order valence-corrected chi connectivity index (χ2v) is 4.92. The van der Waals surface area contributed by atoms with Crippen LogP contribution in [0.3, 0.4) is 0 Å². The molecule has 4 heteroatoms. The van der Waals surface area contributed by atoms with E-state index in [1.54, 1.807) is 12.1 Å².